The van der Waals surface area contributed by atoms with Gasteiger partial charge < -0.3 is 15.7 Å². The van der Waals surface area contributed by atoms with E-state index in [1.807, 2.05) is 19.9 Å². The monoisotopic (exact) mass is 328 g/mol. The van der Waals surface area contributed by atoms with Crippen molar-refractivity contribution in [2.45, 2.75) is 57.7 Å². The number of nitrogens with one attached hydrogen (secondary N) is 2. The second-order valence-electron chi connectivity index (χ2n) is 6.75. The van der Waals surface area contributed by atoms with Crippen molar-refractivity contribution in [1.82, 2.24) is 15.3 Å². The Balaban J connectivity index is 1.77. The molecule has 0 bridgehead atoms. The summed E-state index contributed by atoms with van der Waals surface area (Å²) in [6, 6.07) is 5.84. The molecule has 1 aliphatic carbocycles. The van der Waals surface area contributed by atoms with Crippen LogP contribution in [0, 0.1) is 0 Å². The van der Waals surface area contributed by atoms with Crippen LogP contribution in [0.4, 0.5) is 5.95 Å². The topological polar surface area (TPSA) is 87.1 Å². The average molecular weight is 328 g/mol. The van der Waals surface area contributed by atoms with Gasteiger partial charge in [-0.2, -0.15) is 0 Å². The van der Waals surface area contributed by atoms with E-state index >= 15 is 0 Å². The molecule has 1 heterocycles. The second kappa shape index (κ2) is 7.13. The van der Waals surface area contributed by atoms with Crippen LogP contribution in [-0.2, 0) is 0 Å². The number of amides is 1. The van der Waals surface area contributed by atoms with E-state index in [1.54, 1.807) is 18.3 Å². The summed E-state index contributed by atoms with van der Waals surface area (Å²) in [6.07, 6.45) is 5.04. The lowest BCUT2D eigenvalue weighted by atomic mass is 9.93. The fraction of sp³-hybridized carbons (Fsp3) is 0.500. The minimum absolute atomic E-state index is 0.0949. The molecular formula is C18H24N4O2. The summed E-state index contributed by atoms with van der Waals surface area (Å²) in [5, 5.41) is 16.7. The van der Waals surface area contributed by atoms with Gasteiger partial charge in [-0.3, -0.25) is 4.79 Å². The number of hydrogen-bond donors (Lipinski definition) is 3. The maximum absolute atomic E-state index is 12.1. The Morgan fingerprint density at radius 2 is 2.00 bits per heavy atom. The third kappa shape index (κ3) is 4.00. The number of aliphatic hydroxyl groups is 1. The van der Waals surface area contributed by atoms with Gasteiger partial charge in [0, 0.05) is 29.2 Å². The number of nitrogens with zero attached hydrogens (tertiary/aromatic N) is 2. The number of hydrogen-bond acceptors (Lipinski definition) is 5. The number of fused-ring (bicyclic) bond motifs is 1. The van der Waals surface area contributed by atoms with Gasteiger partial charge in [-0.05, 0) is 51.7 Å². The summed E-state index contributed by atoms with van der Waals surface area (Å²) in [7, 11) is 0. The van der Waals surface area contributed by atoms with E-state index in [-0.39, 0.29) is 18.1 Å². The van der Waals surface area contributed by atoms with Crippen LogP contribution in [0.1, 0.15) is 49.9 Å². The Kier molecular flexibility index (Phi) is 4.94. The molecule has 1 saturated carbocycles. The van der Waals surface area contributed by atoms with Crippen molar-refractivity contribution < 1.29 is 9.90 Å². The molecule has 1 aliphatic rings. The van der Waals surface area contributed by atoms with Gasteiger partial charge in [-0.15, -0.1) is 0 Å². The minimum atomic E-state index is -0.178. The highest BCUT2D eigenvalue weighted by Crippen LogP contribution is 2.22. The molecule has 1 amide bonds. The standard InChI is InChI=1S/C18H24N4O2/c1-11(2)20-17(24)12-3-4-13-10-19-18(22-16(13)9-12)21-14-5-7-15(23)8-6-14/h3-4,9-11,14-15,23H,5-8H2,1-2H3,(H,20,24)(H,19,21,22). The average Bonchev–Trinajstić information content (AvgIpc) is 2.55. The van der Waals surface area contributed by atoms with Crippen molar-refractivity contribution in [3.63, 3.8) is 0 Å². The zero-order valence-corrected chi connectivity index (χ0v) is 14.1. The summed E-state index contributed by atoms with van der Waals surface area (Å²) in [6.45, 7) is 3.87. The molecule has 1 aromatic carbocycles. The zero-order chi connectivity index (χ0) is 17.1. The summed E-state index contributed by atoms with van der Waals surface area (Å²) in [5.74, 6) is 0.478. The fourth-order valence-corrected chi connectivity index (χ4v) is 2.98. The number of anilines is 1. The van der Waals surface area contributed by atoms with Crippen LogP contribution in [0.5, 0.6) is 0 Å². The highest BCUT2D eigenvalue weighted by molar-refractivity contribution is 5.97. The maximum atomic E-state index is 12.1. The number of carbonyl (C=O) groups excluding carboxylic acids is 1. The third-order valence-corrected chi connectivity index (χ3v) is 4.29. The molecule has 0 unspecified atom stereocenters. The van der Waals surface area contributed by atoms with E-state index in [9.17, 15) is 9.90 Å². The molecule has 3 rings (SSSR count). The number of rotatable bonds is 4. The van der Waals surface area contributed by atoms with Gasteiger partial charge in [0.2, 0.25) is 5.95 Å². The van der Waals surface area contributed by atoms with Crippen LogP contribution in [0.25, 0.3) is 10.9 Å². The molecule has 24 heavy (non-hydrogen) atoms. The van der Waals surface area contributed by atoms with Crippen LogP contribution in [0.15, 0.2) is 24.4 Å². The van der Waals surface area contributed by atoms with Gasteiger partial charge in [-0.25, -0.2) is 9.97 Å². The molecule has 0 atom stereocenters. The van der Waals surface area contributed by atoms with Crippen molar-refractivity contribution in [2.75, 3.05) is 5.32 Å². The van der Waals surface area contributed by atoms with Gasteiger partial charge >= 0.3 is 0 Å². The molecule has 6 nitrogen and oxygen atoms in total. The molecule has 0 spiro atoms. The van der Waals surface area contributed by atoms with E-state index in [0.717, 1.165) is 36.6 Å². The maximum Gasteiger partial charge on any atom is 0.251 e. The lowest BCUT2D eigenvalue weighted by molar-refractivity contribution is 0.0943. The lowest BCUT2D eigenvalue weighted by Crippen LogP contribution is -2.30. The summed E-state index contributed by atoms with van der Waals surface area (Å²) in [4.78, 5) is 21.0. The van der Waals surface area contributed by atoms with Gasteiger partial charge in [0.15, 0.2) is 0 Å². The van der Waals surface area contributed by atoms with Crippen molar-refractivity contribution >= 4 is 22.8 Å². The van der Waals surface area contributed by atoms with Crippen molar-refractivity contribution in [3.05, 3.63) is 30.0 Å². The first-order valence-electron chi connectivity index (χ1n) is 8.53. The predicted molar refractivity (Wildman–Crippen MR) is 94.0 cm³/mol. The SMILES string of the molecule is CC(C)NC(=O)c1ccc2cnc(NC3CCC(O)CC3)nc2c1. The summed E-state index contributed by atoms with van der Waals surface area (Å²) < 4.78 is 0. The third-order valence-electron chi connectivity index (χ3n) is 4.29. The van der Waals surface area contributed by atoms with Crippen LogP contribution in [0.2, 0.25) is 0 Å². The molecule has 1 fully saturated rings. The number of aromatic nitrogens is 2. The fourth-order valence-electron chi connectivity index (χ4n) is 2.98. The Bertz CT molecular complexity index is 724. The molecule has 0 saturated heterocycles. The molecule has 0 radical (unpaired) electrons. The largest absolute Gasteiger partial charge is 0.393 e. The van der Waals surface area contributed by atoms with E-state index in [4.69, 9.17) is 0 Å². The first kappa shape index (κ1) is 16.6. The zero-order valence-electron chi connectivity index (χ0n) is 14.1. The minimum Gasteiger partial charge on any atom is -0.393 e. The van der Waals surface area contributed by atoms with Gasteiger partial charge in [0.05, 0.1) is 11.6 Å². The van der Waals surface area contributed by atoms with E-state index < -0.39 is 0 Å². The number of carbonyl (C=O) groups is 1. The predicted octanol–water partition coefficient (Wildman–Crippen LogP) is 2.48. The smallest absolute Gasteiger partial charge is 0.251 e. The Morgan fingerprint density at radius 1 is 1.25 bits per heavy atom. The molecule has 128 valence electrons. The number of aliphatic hydroxyl groups excluding tert-OH is 1. The number of benzene rings is 1. The first-order chi connectivity index (χ1) is 11.5. The Morgan fingerprint density at radius 3 is 2.71 bits per heavy atom. The van der Waals surface area contributed by atoms with Crippen LogP contribution in [0.3, 0.4) is 0 Å². The first-order valence-corrected chi connectivity index (χ1v) is 8.53. The van der Waals surface area contributed by atoms with Crippen molar-refractivity contribution in [3.8, 4) is 0 Å². The molecule has 1 aromatic heterocycles. The van der Waals surface area contributed by atoms with E-state index in [2.05, 4.69) is 20.6 Å². The second-order valence-corrected chi connectivity index (χ2v) is 6.75. The van der Waals surface area contributed by atoms with Crippen LogP contribution < -0.4 is 10.6 Å². The lowest BCUT2D eigenvalue weighted by Gasteiger charge is -2.26. The van der Waals surface area contributed by atoms with E-state index in [1.165, 1.54) is 0 Å². The Labute approximate surface area is 141 Å². The van der Waals surface area contributed by atoms with Crippen LogP contribution in [-0.4, -0.2) is 39.2 Å². The normalized spacial score (nSPS) is 21.0. The van der Waals surface area contributed by atoms with Crippen molar-refractivity contribution in [2.24, 2.45) is 0 Å². The quantitative estimate of drug-likeness (QED) is 0.802. The molecule has 3 N–H and O–H groups in total. The highest BCUT2D eigenvalue weighted by Gasteiger charge is 2.20. The van der Waals surface area contributed by atoms with Crippen LogP contribution >= 0.6 is 0 Å². The molecular weight excluding hydrogens is 304 g/mol. The molecule has 6 heteroatoms. The summed E-state index contributed by atoms with van der Waals surface area (Å²) >= 11 is 0. The Hall–Kier alpha value is -2.21. The summed E-state index contributed by atoms with van der Waals surface area (Å²) in [5.41, 5.74) is 1.35. The molecule has 0 aliphatic heterocycles. The van der Waals surface area contributed by atoms with E-state index in [0.29, 0.717) is 17.6 Å². The van der Waals surface area contributed by atoms with Crippen molar-refractivity contribution in [1.29, 1.82) is 0 Å². The molecule has 2 aromatic rings. The van der Waals surface area contributed by atoms with Gasteiger partial charge in [0.25, 0.3) is 5.91 Å². The van der Waals surface area contributed by atoms with Gasteiger partial charge in [0.1, 0.15) is 0 Å². The highest BCUT2D eigenvalue weighted by atomic mass is 16.3. The van der Waals surface area contributed by atoms with Gasteiger partial charge in [-0.1, -0.05) is 6.07 Å².